The van der Waals surface area contributed by atoms with Gasteiger partial charge in [0.1, 0.15) is 11.6 Å². The van der Waals surface area contributed by atoms with E-state index in [1.165, 1.54) is 25.7 Å². The third-order valence-electron chi connectivity index (χ3n) is 4.97. The van der Waals surface area contributed by atoms with E-state index in [0.717, 1.165) is 40.3 Å². The molecular weight excluding hydrogens is 316 g/mol. The maximum atomic E-state index is 4.83. The Hall–Kier alpha value is -0.680. The van der Waals surface area contributed by atoms with Crippen molar-refractivity contribution in [3.8, 4) is 0 Å². The van der Waals surface area contributed by atoms with Gasteiger partial charge in [-0.15, -0.1) is 0 Å². The number of nitrogens with zero attached hydrogens (tertiary/aromatic N) is 3. The van der Waals surface area contributed by atoms with Crippen molar-refractivity contribution >= 4 is 21.7 Å². The summed E-state index contributed by atoms with van der Waals surface area (Å²) in [6.07, 6.45) is 6.04. The molecule has 110 valence electrons. The minimum absolute atomic E-state index is 0.522. The van der Waals surface area contributed by atoms with Crippen LogP contribution < -0.4 is 5.32 Å². The molecule has 0 spiro atoms. The number of aryl methyl sites for hydroxylation is 1. The Morgan fingerprint density at radius 2 is 1.90 bits per heavy atom. The summed E-state index contributed by atoms with van der Waals surface area (Å²) < 4.78 is 1.02. The normalized spacial score (nSPS) is 29.7. The van der Waals surface area contributed by atoms with Gasteiger partial charge in [0.05, 0.1) is 10.2 Å². The SMILES string of the molecule is CCc1nc(C2CC3CCC(C2)N3C)nc(NC)c1Br. The largest absolute Gasteiger partial charge is 0.372 e. The molecule has 0 saturated carbocycles. The van der Waals surface area contributed by atoms with Crippen LogP contribution in [-0.2, 0) is 6.42 Å². The predicted octanol–water partition coefficient (Wildman–Crippen LogP) is 3.18. The van der Waals surface area contributed by atoms with E-state index in [4.69, 9.17) is 9.97 Å². The van der Waals surface area contributed by atoms with Crippen LogP contribution in [0.2, 0.25) is 0 Å². The molecule has 0 radical (unpaired) electrons. The summed E-state index contributed by atoms with van der Waals surface area (Å²) >= 11 is 3.61. The van der Waals surface area contributed by atoms with Crippen molar-refractivity contribution in [2.24, 2.45) is 0 Å². The standard InChI is InChI=1S/C15H23BrN4/c1-4-12-13(16)15(17-2)19-14(18-12)9-7-10-5-6-11(8-9)20(10)3/h9-11H,4-8H2,1-3H3,(H,17,18,19). The molecule has 3 heterocycles. The summed E-state index contributed by atoms with van der Waals surface area (Å²) in [5.74, 6) is 2.49. The maximum Gasteiger partial charge on any atom is 0.144 e. The number of piperidine rings is 1. The van der Waals surface area contributed by atoms with Crippen molar-refractivity contribution in [2.75, 3.05) is 19.4 Å². The second-order valence-electron chi connectivity index (χ2n) is 6.01. The van der Waals surface area contributed by atoms with Gasteiger partial charge in [-0.2, -0.15) is 0 Å². The number of halogens is 1. The van der Waals surface area contributed by atoms with E-state index in [9.17, 15) is 0 Å². The van der Waals surface area contributed by atoms with Crippen molar-refractivity contribution < 1.29 is 0 Å². The second-order valence-corrected chi connectivity index (χ2v) is 6.81. The molecule has 0 aromatic carbocycles. The van der Waals surface area contributed by atoms with Gasteiger partial charge in [0, 0.05) is 25.0 Å². The van der Waals surface area contributed by atoms with Crippen LogP contribution >= 0.6 is 15.9 Å². The van der Waals surface area contributed by atoms with Crippen molar-refractivity contribution in [2.45, 2.75) is 57.0 Å². The summed E-state index contributed by atoms with van der Waals surface area (Å²) in [7, 11) is 4.20. The third-order valence-corrected chi connectivity index (χ3v) is 5.81. The smallest absolute Gasteiger partial charge is 0.144 e. The Balaban J connectivity index is 1.91. The molecule has 5 heteroatoms. The van der Waals surface area contributed by atoms with Gasteiger partial charge in [-0.25, -0.2) is 9.97 Å². The van der Waals surface area contributed by atoms with Crippen LogP contribution in [0.5, 0.6) is 0 Å². The number of hydrogen-bond donors (Lipinski definition) is 1. The van der Waals surface area contributed by atoms with E-state index in [0.29, 0.717) is 5.92 Å². The van der Waals surface area contributed by atoms with Gasteiger partial charge in [-0.1, -0.05) is 6.92 Å². The highest BCUT2D eigenvalue weighted by molar-refractivity contribution is 9.10. The Bertz CT molecular complexity index is 466. The topological polar surface area (TPSA) is 41.1 Å². The monoisotopic (exact) mass is 338 g/mol. The Morgan fingerprint density at radius 1 is 1.25 bits per heavy atom. The number of anilines is 1. The van der Waals surface area contributed by atoms with Gasteiger partial charge < -0.3 is 10.2 Å². The lowest BCUT2D eigenvalue weighted by molar-refractivity contribution is 0.159. The van der Waals surface area contributed by atoms with Crippen LogP contribution in [0.15, 0.2) is 4.47 Å². The predicted molar refractivity (Wildman–Crippen MR) is 85.2 cm³/mol. The molecular formula is C15H23BrN4. The molecule has 2 aliphatic heterocycles. The summed E-state index contributed by atoms with van der Waals surface area (Å²) in [6.45, 7) is 2.15. The first-order valence-electron chi connectivity index (χ1n) is 7.60. The van der Waals surface area contributed by atoms with E-state index in [1.807, 2.05) is 7.05 Å². The summed E-state index contributed by atoms with van der Waals surface area (Å²) in [5.41, 5.74) is 1.12. The molecule has 4 nitrogen and oxygen atoms in total. The van der Waals surface area contributed by atoms with E-state index in [1.54, 1.807) is 0 Å². The molecule has 0 aliphatic carbocycles. The fourth-order valence-electron chi connectivity index (χ4n) is 3.72. The lowest BCUT2D eigenvalue weighted by Gasteiger charge is -2.35. The van der Waals surface area contributed by atoms with Gasteiger partial charge in [-0.05, 0) is 55.1 Å². The minimum atomic E-state index is 0.522. The molecule has 20 heavy (non-hydrogen) atoms. The minimum Gasteiger partial charge on any atom is -0.372 e. The van der Waals surface area contributed by atoms with Crippen molar-refractivity contribution in [3.05, 3.63) is 16.0 Å². The van der Waals surface area contributed by atoms with E-state index < -0.39 is 0 Å². The van der Waals surface area contributed by atoms with Crippen LogP contribution in [0.4, 0.5) is 5.82 Å². The third kappa shape index (κ3) is 2.35. The lowest BCUT2D eigenvalue weighted by Crippen LogP contribution is -2.39. The fraction of sp³-hybridized carbons (Fsp3) is 0.733. The molecule has 1 N–H and O–H groups in total. The number of hydrogen-bond acceptors (Lipinski definition) is 4. The zero-order valence-corrected chi connectivity index (χ0v) is 14.1. The van der Waals surface area contributed by atoms with Crippen LogP contribution in [0.25, 0.3) is 0 Å². The highest BCUT2D eigenvalue weighted by Crippen LogP contribution is 2.41. The highest BCUT2D eigenvalue weighted by Gasteiger charge is 2.40. The molecule has 1 aromatic heterocycles. The average molecular weight is 339 g/mol. The summed E-state index contributed by atoms with van der Waals surface area (Å²) in [5, 5.41) is 3.19. The van der Waals surface area contributed by atoms with Gasteiger partial charge in [-0.3, -0.25) is 0 Å². The molecule has 2 atom stereocenters. The number of rotatable bonds is 3. The molecule has 2 bridgehead atoms. The van der Waals surface area contributed by atoms with Crippen LogP contribution in [0, 0.1) is 0 Å². The highest BCUT2D eigenvalue weighted by atomic mass is 79.9. The zero-order chi connectivity index (χ0) is 14.3. The number of nitrogens with one attached hydrogen (secondary N) is 1. The van der Waals surface area contributed by atoms with Gasteiger partial charge in [0.15, 0.2) is 0 Å². The molecule has 2 unspecified atom stereocenters. The fourth-order valence-corrected chi connectivity index (χ4v) is 4.37. The van der Waals surface area contributed by atoms with Crippen LogP contribution in [0.1, 0.15) is 50.0 Å². The van der Waals surface area contributed by atoms with Gasteiger partial charge in [0.25, 0.3) is 0 Å². The quantitative estimate of drug-likeness (QED) is 0.918. The van der Waals surface area contributed by atoms with Crippen LogP contribution in [-0.4, -0.2) is 41.0 Å². The van der Waals surface area contributed by atoms with Crippen molar-refractivity contribution in [3.63, 3.8) is 0 Å². The van der Waals surface area contributed by atoms with Gasteiger partial charge >= 0.3 is 0 Å². The second kappa shape index (κ2) is 5.60. The lowest BCUT2D eigenvalue weighted by atomic mass is 9.90. The molecule has 0 amide bonds. The average Bonchev–Trinajstić information content (AvgIpc) is 2.68. The van der Waals surface area contributed by atoms with Crippen molar-refractivity contribution in [1.29, 1.82) is 0 Å². The van der Waals surface area contributed by atoms with E-state index >= 15 is 0 Å². The first kappa shape index (κ1) is 14.3. The first-order chi connectivity index (χ1) is 9.63. The Kier molecular flexibility index (Phi) is 4.00. The molecule has 2 saturated heterocycles. The summed E-state index contributed by atoms with van der Waals surface area (Å²) in [6, 6.07) is 1.46. The molecule has 1 aromatic rings. The first-order valence-corrected chi connectivity index (χ1v) is 8.39. The molecule has 3 rings (SSSR count). The number of fused-ring (bicyclic) bond motifs is 2. The Labute approximate surface area is 129 Å². The van der Waals surface area contributed by atoms with E-state index in [2.05, 4.69) is 40.1 Å². The molecule has 2 aliphatic rings. The molecule has 2 fully saturated rings. The maximum absolute atomic E-state index is 4.83. The summed E-state index contributed by atoms with van der Waals surface area (Å²) in [4.78, 5) is 12.1. The number of aromatic nitrogens is 2. The van der Waals surface area contributed by atoms with E-state index in [-0.39, 0.29) is 0 Å². The van der Waals surface area contributed by atoms with Gasteiger partial charge in [0.2, 0.25) is 0 Å². The van der Waals surface area contributed by atoms with Crippen LogP contribution in [0.3, 0.4) is 0 Å². The Morgan fingerprint density at radius 3 is 2.45 bits per heavy atom. The van der Waals surface area contributed by atoms with Crippen molar-refractivity contribution in [1.82, 2.24) is 14.9 Å². The zero-order valence-electron chi connectivity index (χ0n) is 12.5.